The summed E-state index contributed by atoms with van der Waals surface area (Å²) in [6, 6.07) is -1.04. The van der Waals surface area contributed by atoms with E-state index in [0.717, 1.165) is 31.8 Å². The first-order chi connectivity index (χ1) is 8.95. The van der Waals surface area contributed by atoms with Gasteiger partial charge in [-0.15, -0.1) is 0 Å². The molecule has 2 amide bonds. The van der Waals surface area contributed by atoms with Crippen LogP contribution in [0.1, 0.15) is 46.5 Å². The number of carboxylic acids is 1. The molecule has 0 radical (unpaired) electrons. The van der Waals surface area contributed by atoms with E-state index in [1.165, 1.54) is 12.8 Å². The third kappa shape index (κ3) is 4.73. The van der Waals surface area contributed by atoms with Gasteiger partial charge in [-0.3, -0.25) is 0 Å². The summed E-state index contributed by atoms with van der Waals surface area (Å²) >= 11 is 0. The number of hydrogen-bond acceptors (Lipinski definition) is 2. The number of nitrogens with one attached hydrogen (secondary N) is 1. The van der Waals surface area contributed by atoms with Crippen molar-refractivity contribution in [3.05, 3.63) is 0 Å². The van der Waals surface area contributed by atoms with E-state index in [0.29, 0.717) is 0 Å². The van der Waals surface area contributed by atoms with Crippen LogP contribution >= 0.6 is 0 Å². The van der Waals surface area contributed by atoms with Crippen LogP contribution in [0.2, 0.25) is 0 Å². The van der Waals surface area contributed by atoms with Gasteiger partial charge in [-0.05, 0) is 24.7 Å². The molecule has 0 spiro atoms. The van der Waals surface area contributed by atoms with Crippen molar-refractivity contribution in [2.24, 2.45) is 11.8 Å². The topological polar surface area (TPSA) is 69.6 Å². The first-order valence-electron chi connectivity index (χ1n) is 7.24. The number of urea groups is 1. The number of hydrogen-bond donors (Lipinski definition) is 2. The molecule has 1 rings (SSSR count). The minimum absolute atomic E-state index is 0.112. The molecule has 5 nitrogen and oxygen atoms in total. The number of amides is 2. The molecule has 1 aliphatic heterocycles. The molecule has 1 saturated heterocycles. The molecule has 19 heavy (non-hydrogen) atoms. The van der Waals surface area contributed by atoms with E-state index in [1.807, 2.05) is 0 Å². The average Bonchev–Trinajstić information content (AvgIpc) is 2.36. The van der Waals surface area contributed by atoms with Gasteiger partial charge in [-0.1, -0.05) is 33.6 Å². The van der Waals surface area contributed by atoms with E-state index in [4.69, 9.17) is 5.11 Å². The number of carbonyl (C=O) groups excluding carboxylic acids is 1. The molecule has 0 aromatic heterocycles. The van der Waals surface area contributed by atoms with E-state index >= 15 is 0 Å². The van der Waals surface area contributed by atoms with Gasteiger partial charge in [0.1, 0.15) is 6.04 Å². The largest absolute Gasteiger partial charge is 0.480 e. The van der Waals surface area contributed by atoms with Crippen molar-refractivity contribution in [1.82, 2.24) is 10.2 Å². The molecule has 0 saturated carbocycles. The monoisotopic (exact) mass is 270 g/mol. The van der Waals surface area contributed by atoms with E-state index in [2.05, 4.69) is 12.2 Å². The van der Waals surface area contributed by atoms with Crippen molar-refractivity contribution >= 4 is 12.0 Å². The number of nitrogens with zero attached hydrogens (tertiary/aromatic N) is 1. The Bertz CT molecular complexity index is 310. The van der Waals surface area contributed by atoms with Gasteiger partial charge in [0.25, 0.3) is 0 Å². The quantitative estimate of drug-likeness (QED) is 0.805. The molecular formula is C14H26N2O3. The van der Waals surface area contributed by atoms with Crippen LogP contribution in [-0.2, 0) is 4.79 Å². The Balaban J connectivity index is 2.44. The van der Waals surface area contributed by atoms with Crippen LogP contribution in [0.5, 0.6) is 0 Å². The average molecular weight is 270 g/mol. The van der Waals surface area contributed by atoms with Crippen molar-refractivity contribution in [3.8, 4) is 0 Å². The first-order valence-corrected chi connectivity index (χ1v) is 7.24. The van der Waals surface area contributed by atoms with Crippen molar-refractivity contribution < 1.29 is 14.7 Å². The Hall–Kier alpha value is -1.26. The van der Waals surface area contributed by atoms with Gasteiger partial charge in [0.15, 0.2) is 0 Å². The molecule has 0 bridgehead atoms. The summed E-state index contributed by atoms with van der Waals surface area (Å²) in [4.78, 5) is 24.8. The summed E-state index contributed by atoms with van der Waals surface area (Å²) in [5.41, 5.74) is 0. The molecule has 2 N–H and O–H groups in total. The summed E-state index contributed by atoms with van der Waals surface area (Å²) < 4.78 is 0. The highest BCUT2D eigenvalue weighted by molar-refractivity contribution is 5.82. The number of carbonyl (C=O) groups is 2. The minimum atomic E-state index is -0.968. The number of aliphatic carboxylic acids is 1. The zero-order chi connectivity index (χ0) is 14.4. The lowest BCUT2D eigenvalue weighted by atomic mass is 9.93. The number of rotatable bonds is 5. The van der Waals surface area contributed by atoms with Crippen LogP contribution in [-0.4, -0.2) is 41.1 Å². The highest BCUT2D eigenvalue weighted by Crippen LogP contribution is 2.21. The predicted octanol–water partition coefficient (Wildman–Crippen LogP) is 2.32. The first kappa shape index (κ1) is 15.8. The third-order valence-corrected chi connectivity index (χ3v) is 3.81. The van der Waals surface area contributed by atoms with Gasteiger partial charge in [0.05, 0.1) is 0 Å². The minimum Gasteiger partial charge on any atom is -0.480 e. The van der Waals surface area contributed by atoms with Crippen LogP contribution in [0.4, 0.5) is 4.79 Å². The summed E-state index contributed by atoms with van der Waals surface area (Å²) in [5.74, 6) is -0.363. The van der Waals surface area contributed by atoms with Crippen molar-refractivity contribution in [3.63, 3.8) is 0 Å². The lowest BCUT2D eigenvalue weighted by molar-refractivity contribution is -0.140. The standard InChI is InChI=1S/C14H26N2O3/c1-4-5-11-6-8-16(9-7-11)14(19)15-12(10(2)3)13(17)18/h10-12H,4-9H2,1-3H3,(H,15,19)(H,17,18). The van der Waals surface area contributed by atoms with Gasteiger partial charge >= 0.3 is 12.0 Å². The van der Waals surface area contributed by atoms with Gasteiger partial charge < -0.3 is 15.3 Å². The van der Waals surface area contributed by atoms with E-state index in [1.54, 1.807) is 18.7 Å². The molecule has 1 fully saturated rings. The maximum absolute atomic E-state index is 12.0. The van der Waals surface area contributed by atoms with Gasteiger partial charge in [-0.2, -0.15) is 0 Å². The van der Waals surface area contributed by atoms with Crippen LogP contribution in [0.3, 0.4) is 0 Å². The Morgan fingerprint density at radius 3 is 2.32 bits per heavy atom. The highest BCUT2D eigenvalue weighted by atomic mass is 16.4. The van der Waals surface area contributed by atoms with E-state index in [9.17, 15) is 9.59 Å². The fraction of sp³-hybridized carbons (Fsp3) is 0.857. The van der Waals surface area contributed by atoms with E-state index in [-0.39, 0.29) is 11.9 Å². The summed E-state index contributed by atoms with van der Waals surface area (Å²) in [6.45, 7) is 7.25. The Morgan fingerprint density at radius 1 is 1.32 bits per heavy atom. The van der Waals surface area contributed by atoms with Crippen LogP contribution in [0, 0.1) is 11.8 Å². The number of likely N-dealkylation sites (tertiary alicyclic amines) is 1. The van der Waals surface area contributed by atoms with Crippen molar-refractivity contribution in [2.75, 3.05) is 13.1 Å². The molecule has 5 heteroatoms. The molecule has 1 atom stereocenters. The van der Waals surface area contributed by atoms with Crippen molar-refractivity contribution in [1.29, 1.82) is 0 Å². The molecule has 1 unspecified atom stereocenters. The molecule has 0 aromatic carbocycles. The number of piperidine rings is 1. The maximum atomic E-state index is 12.0. The lowest BCUT2D eigenvalue weighted by Gasteiger charge is -2.33. The number of carboxylic acid groups (broad SMARTS) is 1. The molecule has 1 heterocycles. The summed E-state index contributed by atoms with van der Waals surface area (Å²) in [6.07, 6.45) is 4.46. The zero-order valence-corrected chi connectivity index (χ0v) is 12.2. The predicted molar refractivity (Wildman–Crippen MR) is 74.0 cm³/mol. The highest BCUT2D eigenvalue weighted by Gasteiger charge is 2.28. The molecular weight excluding hydrogens is 244 g/mol. The maximum Gasteiger partial charge on any atom is 0.326 e. The smallest absolute Gasteiger partial charge is 0.326 e. The normalized spacial score (nSPS) is 18.4. The fourth-order valence-corrected chi connectivity index (χ4v) is 2.57. The molecule has 0 aliphatic carbocycles. The van der Waals surface area contributed by atoms with Gasteiger partial charge in [0.2, 0.25) is 0 Å². The Morgan fingerprint density at radius 2 is 1.89 bits per heavy atom. The lowest BCUT2D eigenvalue weighted by Crippen LogP contribution is -2.51. The van der Waals surface area contributed by atoms with Gasteiger partial charge in [0, 0.05) is 13.1 Å². The van der Waals surface area contributed by atoms with Gasteiger partial charge in [-0.25, -0.2) is 9.59 Å². The summed E-state index contributed by atoms with van der Waals surface area (Å²) in [7, 11) is 0. The van der Waals surface area contributed by atoms with Crippen molar-refractivity contribution in [2.45, 2.75) is 52.5 Å². The van der Waals surface area contributed by atoms with Crippen LogP contribution < -0.4 is 5.32 Å². The molecule has 0 aromatic rings. The second kappa shape index (κ2) is 7.36. The second-order valence-corrected chi connectivity index (χ2v) is 5.73. The summed E-state index contributed by atoms with van der Waals surface area (Å²) in [5, 5.41) is 11.7. The molecule has 110 valence electrons. The molecule has 1 aliphatic rings. The third-order valence-electron chi connectivity index (χ3n) is 3.81. The Kier molecular flexibility index (Phi) is 6.12. The Labute approximate surface area is 115 Å². The zero-order valence-electron chi connectivity index (χ0n) is 12.2. The van der Waals surface area contributed by atoms with Crippen LogP contribution in [0.15, 0.2) is 0 Å². The van der Waals surface area contributed by atoms with Crippen LogP contribution in [0.25, 0.3) is 0 Å². The van der Waals surface area contributed by atoms with E-state index < -0.39 is 12.0 Å². The second-order valence-electron chi connectivity index (χ2n) is 5.73. The fourth-order valence-electron chi connectivity index (χ4n) is 2.57. The SMILES string of the molecule is CCCC1CCN(C(=O)NC(C(=O)O)C(C)C)CC1.